The van der Waals surface area contributed by atoms with Crippen LogP contribution in [0.4, 0.5) is 17.1 Å². The first kappa shape index (κ1) is 30.4. The van der Waals surface area contributed by atoms with Crippen LogP contribution in [-0.2, 0) is 0 Å². The molecule has 0 bridgehead atoms. The molecule has 1 nitrogen and oxygen atoms in total. The normalized spacial score (nSPS) is 11.5. The highest BCUT2D eigenvalue weighted by atomic mass is 32.1. The first-order valence-electron chi connectivity index (χ1n) is 17.8. The third-order valence-electron chi connectivity index (χ3n) is 10.3. The van der Waals surface area contributed by atoms with Gasteiger partial charge < -0.3 is 4.90 Å². The molecule has 0 amide bonds. The summed E-state index contributed by atoms with van der Waals surface area (Å²) in [6, 6.07) is 72.8. The van der Waals surface area contributed by atoms with E-state index in [1.807, 2.05) is 11.3 Å². The number of hydrogen-bond donors (Lipinski definition) is 0. The molecule has 2 heteroatoms. The van der Waals surface area contributed by atoms with Crippen molar-refractivity contribution in [2.45, 2.75) is 0 Å². The van der Waals surface area contributed by atoms with E-state index < -0.39 is 0 Å². The molecule has 1 heterocycles. The van der Waals surface area contributed by atoms with Crippen LogP contribution in [0.15, 0.2) is 200 Å². The number of rotatable bonds is 6. The average molecular weight is 680 g/mol. The molecular formula is C50H33NS. The summed E-state index contributed by atoms with van der Waals surface area (Å²) >= 11 is 1.89. The molecule has 0 spiro atoms. The summed E-state index contributed by atoms with van der Waals surface area (Å²) < 4.78 is 2.67. The van der Waals surface area contributed by atoms with Gasteiger partial charge in [-0.3, -0.25) is 0 Å². The van der Waals surface area contributed by atoms with Gasteiger partial charge in [-0.25, -0.2) is 0 Å². The van der Waals surface area contributed by atoms with Crippen LogP contribution < -0.4 is 4.90 Å². The summed E-state index contributed by atoms with van der Waals surface area (Å²) in [5, 5.41) is 7.77. The van der Waals surface area contributed by atoms with Crippen LogP contribution in [0.3, 0.4) is 0 Å². The van der Waals surface area contributed by atoms with E-state index in [9.17, 15) is 0 Å². The number of benzene rings is 9. The molecule has 9 aromatic carbocycles. The molecule has 0 aliphatic rings. The highest BCUT2D eigenvalue weighted by Crippen LogP contribution is 2.45. The quantitative estimate of drug-likeness (QED) is 0.169. The van der Waals surface area contributed by atoms with Gasteiger partial charge in [0.1, 0.15) is 0 Å². The van der Waals surface area contributed by atoms with Crippen molar-refractivity contribution in [2.24, 2.45) is 0 Å². The summed E-state index contributed by atoms with van der Waals surface area (Å²) in [6.07, 6.45) is 0. The van der Waals surface area contributed by atoms with Crippen LogP contribution in [-0.4, -0.2) is 0 Å². The van der Waals surface area contributed by atoms with E-state index in [-0.39, 0.29) is 0 Å². The first-order valence-corrected chi connectivity index (χ1v) is 18.6. The lowest BCUT2D eigenvalue weighted by molar-refractivity contribution is 1.28. The average Bonchev–Trinajstić information content (AvgIpc) is 3.62. The Hall–Kier alpha value is -6.48. The van der Waals surface area contributed by atoms with Gasteiger partial charge in [0.15, 0.2) is 0 Å². The Kier molecular flexibility index (Phi) is 7.41. The minimum Gasteiger partial charge on any atom is -0.310 e. The van der Waals surface area contributed by atoms with Gasteiger partial charge in [-0.2, -0.15) is 0 Å². The first-order chi connectivity index (χ1) is 25.8. The molecule has 0 unspecified atom stereocenters. The summed E-state index contributed by atoms with van der Waals surface area (Å²) in [7, 11) is 0. The van der Waals surface area contributed by atoms with Crippen LogP contribution in [0, 0.1) is 0 Å². The molecule has 0 atom stereocenters. The van der Waals surface area contributed by atoms with Crippen molar-refractivity contribution in [3.63, 3.8) is 0 Å². The fourth-order valence-electron chi connectivity index (χ4n) is 7.71. The predicted octanol–water partition coefficient (Wildman–Crippen LogP) is 14.8. The van der Waals surface area contributed by atoms with E-state index in [4.69, 9.17) is 0 Å². The van der Waals surface area contributed by atoms with Crippen LogP contribution in [0.1, 0.15) is 0 Å². The van der Waals surface area contributed by atoms with Crippen LogP contribution in [0.5, 0.6) is 0 Å². The van der Waals surface area contributed by atoms with Gasteiger partial charge in [-0.15, -0.1) is 11.3 Å². The molecule has 52 heavy (non-hydrogen) atoms. The van der Waals surface area contributed by atoms with Gasteiger partial charge >= 0.3 is 0 Å². The second-order valence-electron chi connectivity index (χ2n) is 13.3. The second kappa shape index (κ2) is 12.7. The lowest BCUT2D eigenvalue weighted by atomic mass is 9.97. The summed E-state index contributed by atoms with van der Waals surface area (Å²) in [5.41, 5.74) is 10.6. The van der Waals surface area contributed by atoms with Gasteiger partial charge in [0.2, 0.25) is 0 Å². The number of thiophene rings is 1. The fraction of sp³-hybridized carbons (Fsp3) is 0. The monoisotopic (exact) mass is 679 g/mol. The molecule has 0 saturated carbocycles. The van der Waals surface area contributed by atoms with Crippen molar-refractivity contribution in [1.29, 1.82) is 0 Å². The van der Waals surface area contributed by atoms with Crippen molar-refractivity contribution < 1.29 is 0 Å². The van der Waals surface area contributed by atoms with Gasteiger partial charge in [0.05, 0.1) is 5.69 Å². The van der Waals surface area contributed by atoms with Crippen molar-refractivity contribution in [3.05, 3.63) is 200 Å². The maximum atomic E-state index is 2.39. The maximum absolute atomic E-state index is 2.39. The topological polar surface area (TPSA) is 3.24 Å². The SMILES string of the molecule is c1ccc(-c2ccccc2N(c2ccc(-c3ccc4ccccc4c3)cc2)c2ccc(-c3cccc4sc5c6ccccc6ccc5c34)cc2)cc1. The minimum absolute atomic E-state index is 1.11. The van der Waals surface area contributed by atoms with Crippen LogP contribution >= 0.6 is 11.3 Å². The van der Waals surface area contributed by atoms with E-state index in [0.717, 1.165) is 17.1 Å². The Balaban J connectivity index is 1.09. The summed E-state index contributed by atoms with van der Waals surface area (Å²) in [4.78, 5) is 2.39. The molecule has 244 valence electrons. The predicted molar refractivity (Wildman–Crippen MR) is 225 cm³/mol. The molecule has 0 radical (unpaired) electrons. The molecule has 1 aromatic heterocycles. The van der Waals surface area contributed by atoms with Gasteiger partial charge in [0.25, 0.3) is 0 Å². The fourth-order valence-corrected chi connectivity index (χ4v) is 8.98. The minimum atomic E-state index is 1.11. The summed E-state index contributed by atoms with van der Waals surface area (Å²) in [5.74, 6) is 0. The lowest BCUT2D eigenvalue weighted by Crippen LogP contribution is -2.11. The molecule has 0 aliphatic heterocycles. The van der Waals surface area contributed by atoms with Crippen LogP contribution in [0.25, 0.3) is 75.1 Å². The Morgan fingerprint density at radius 2 is 0.942 bits per heavy atom. The number of anilines is 3. The van der Waals surface area contributed by atoms with Crippen molar-refractivity contribution in [2.75, 3.05) is 4.90 Å². The van der Waals surface area contributed by atoms with E-state index in [1.54, 1.807) is 0 Å². The second-order valence-corrected chi connectivity index (χ2v) is 14.4. The molecule has 10 aromatic rings. The molecule has 0 N–H and O–H groups in total. The Labute approximate surface area is 307 Å². The molecular weight excluding hydrogens is 647 g/mol. The van der Waals surface area contributed by atoms with Crippen LogP contribution in [0.2, 0.25) is 0 Å². The van der Waals surface area contributed by atoms with E-state index in [1.165, 1.54) is 75.1 Å². The largest absolute Gasteiger partial charge is 0.310 e. The zero-order valence-electron chi connectivity index (χ0n) is 28.4. The third kappa shape index (κ3) is 5.24. The zero-order chi connectivity index (χ0) is 34.4. The number of nitrogens with zero attached hydrogens (tertiary/aromatic N) is 1. The standard InChI is InChI=1S/C50H33NS/c1-2-12-36(13-3-1)43-16-8-9-19-47(43)51(41-28-23-35(24-29-41)40-22-21-34-11-4-5-15-39(34)33-40)42-30-25-38(26-31-42)44-18-10-20-48-49(44)46-32-27-37-14-6-7-17-45(37)50(46)52-48/h1-33H. The van der Waals surface area contributed by atoms with Crippen molar-refractivity contribution >= 4 is 70.1 Å². The van der Waals surface area contributed by atoms with Gasteiger partial charge in [-0.05, 0) is 91.8 Å². The van der Waals surface area contributed by atoms with E-state index in [2.05, 4.69) is 205 Å². The Bertz CT molecular complexity index is 2890. The third-order valence-corrected chi connectivity index (χ3v) is 11.5. The molecule has 0 saturated heterocycles. The maximum Gasteiger partial charge on any atom is 0.0540 e. The Morgan fingerprint density at radius 3 is 1.75 bits per heavy atom. The van der Waals surface area contributed by atoms with E-state index in [0.29, 0.717) is 0 Å². The molecule has 0 fully saturated rings. The molecule has 10 rings (SSSR count). The van der Waals surface area contributed by atoms with Gasteiger partial charge in [-0.1, -0.05) is 158 Å². The smallest absolute Gasteiger partial charge is 0.0540 e. The lowest BCUT2D eigenvalue weighted by Gasteiger charge is -2.28. The highest BCUT2D eigenvalue weighted by Gasteiger charge is 2.18. The highest BCUT2D eigenvalue weighted by molar-refractivity contribution is 7.26. The molecule has 0 aliphatic carbocycles. The number of hydrogen-bond acceptors (Lipinski definition) is 2. The van der Waals surface area contributed by atoms with Gasteiger partial charge in [0, 0.05) is 37.1 Å². The number of para-hydroxylation sites is 1. The number of fused-ring (bicyclic) bond motifs is 6. The van der Waals surface area contributed by atoms with Crippen molar-refractivity contribution in [3.8, 4) is 33.4 Å². The Morgan fingerprint density at radius 1 is 0.346 bits per heavy atom. The van der Waals surface area contributed by atoms with Crippen molar-refractivity contribution in [1.82, 2.24) is 0 Å². The zero-order valence-corrected chi connectivity index (χ0v) is 29.2. The summed E-state index contributed by atoms with van der Waals surface area (Å²) in [6.45, 7) is 0. The van der Waals surface area contributed by atoms with E-state index >= 15 is 0 Å².